The van der Waals surface area contributed by atoms with E-state index in [1.165, 1.54) is 11.3 Å². The monoisotopic (exact) mass is 362 g/mol. The number of methoxy groups -OCH3 is 1. The zero-order valence-corrected chi connectivity index (χ0v) is 14.6. The van der Waals surface area contributed by atoms with E-state index in [1.54, 1.807) is 38.3 Å². The molecule has 0 aliphatic carbocycles. The maximum atomic E-state index is 12.3. The van der Waals surface area contributed by atoms with Crippen LogP contribution in [-0.4, -0.2) is 24.1 Å². The van der Waals surface area contributed by atoms with Gasteiger partial charge in [0.2, 0.25) is 0 Å². The van der Waals surface area contributed by atoms with Gasteiger partial charge in [-0.3, -0.25) is 10.1 Å². The number of carbonyl (C=O) groups is 1. The molecule has 0 saturated heterocycles. The molecule has 1 N–H and O–H groups in total. The van der Waals surface area contributed by atoms with E-state index in [-0.39, 0.29) is 5.91 Å². The number of para-hydroxylation sites is 1. The van der Waals surface area contributed by atoms with Crippen LogP contribution in [0.3, 0.4) is 0 Å². The van der Waals surface area contributed by atoms with Gasteiger partial charge in [0.15, 0.2) is 11.2 Å². The summed E-state index contributed by atoms with van der Waals surface area (Å²) in [5.41, 5.74) is 0.726. The molecule has 1 amide bonds. The second-order valence-corrected chi connectivity index (χ2v) is 6.50. The summed E-state index contributed by atoms with van der Waals surface area (Å²) in [5.74, 6) is 0.927. The molecule has 1 atom stereocenters. The van der Waals surface area contributed by atoms with Crippen LogP contribution in [0.1, 0.15) is 6.92 Å². The molecule has 3 aromatic rings. The van der Waals surface area contributed by atoms with Gasteiger partial charge in [0.05, 0.1) is 11.8 Å². The summed E-state index contributed by atoms with van der Waals surface area (Å²) < 4.78 is 11.8. The van der Waals surface area contributed by atoms with Gasteiger partial charge in [-0.25, -0.2) is 4.98 Å². The Bertz CT molecular complexity index is 881. The molecule has 0 saturated carbocycles. The van der Waals surface area contributed by atoms with Crippen LogP contribution < -0.4 is 14.8 Å². The Morgan fingerprint density at radius 2 is 2.08 bits per heavy atom. The highest BCUT2D eigenvalue weighted by atomic mass is 35.5. The van der Waals surface area contributed by atoms with Crippen LogP contribution in [0.25, 0.3) is 10.2 Å². The van der Waals surface area contributed by atoms with Crippen molar-refractivity contribution in [3.05, 3.63) is 47.5 Å². The summed E-state index contributed by atoms with van der Waals surface area (Å²) in [7, 11) is 1.59. The number of hydrogen-bond donors (Lipinski definition) is 1. The molecule has 3 rings (SSSR count). The van der Waals surface area contributed by atoms with Crippen molar-refractivity contribution in [2.75, 3.05) is 12.4 Å². The molecule has 5 nitrogen and oxygen atoms in total. The number of aromatic nitrogens is 1. The first kappa shape index (κ1) is 16.5. The van der Waals surface area contributed by atoms with Crippen LogP contribution in [0, 0.1) is 0 Å². The zero-order valence-electron chi connectivity index (χ0n) is 13.1. The third-order valence-electron chi connectivity index (χ3n) is 3.31. The number of nitrogens with one attached hydrogen (secondary N) is 1. The van der Waals surface area contributed by atoms with E-state index in [1.807, 2.05) is 18.2 Å². The number of rotatable bonds is 5. The Hall–Kier alpha value is -2.31. The van der Waals surface area contributed by atoms with Crippen molar-refractivity contribution in [3.8, 4) is 11.5 Å². The summed E-state index contributed by atoms with van der Waals surface area (Å²) >= 11 is 7.29. The molecule has 1 aromatic heterocycles. The fourth-order valence-corrected chi connectivity index (χ4v) is 3.21. The number of thiazole rings is 1. The summed E-state index contributed by atoms with van der Waals surface area (Å²) in [5, 5.41) is 3.83. The van der Waals surface area contributed by atoms with Gasteiger partial charge in [-0.2, -0.15) is 0 Å². The predicted octanol–water partition coefficient (Wildman–Crippen LogP) is 4.36. The molecule has 0 fully saturated rings. The zero-order chi connectivity index (χ0) is 17.1. The molecular formula is C17H15ClN2O3S. The fraction of sp³-hybridized carbons (Fsp3) is 0.176. The molecule has 0 aliphatic rings. The van der Waals surface area contributed by atoms with Crippen molar-refractivity contribution in [2.24, 2.45) is 0 Å². The van der Waals surface area contributed by atoms with Gasteiger partial charge in [-0.05, 0) is 37.3 Å². The van der Waals surface area contributed by atoms with Gasteiger partial charge in [0.25, 0.3) is 5.91 Å². The highest BCUT2D eigenvalue weighted by Gasteiger charge is 2.17. The largest absolute Gasteiger partial charge is 0.494 e. The Kier molecular flexibility index (Phi) is 4.87. The number of carbonyl (C=O) groups excluding carboxylic acids is 1. The fourth-order valence-electron chi connectivity index (χ4n) is 2.15. The van der Waals surface area contributed by atoms with Crippen molar-refractivity contribution in [1.82, 2.24) is 4.98 Å². The van der Waals surface area contributed by atoms with Crippen LogP contribution >= 0.6 is 22.9 Å². The van der Waals surface area contributed by atoms with Crippen LogP contribution in [0.15, 0.2) is 42.5 Å². The second kappa shape index (κ2) is 7.07. The summed E-state index contributed by atoms with van der Waals surface area (Å²) in [6, 6.07) is 12.6. The average Bonchev–Trinajstić information content (AvgIpc) is 2.97. The maximum absolute atomic E-state index is 12.3. The number of nitrogens with zero attached hydrogens (tertiary/aromatic N) is 1. The van der Waals surface area contributed by atoms with Crippen molar-refractivity contribution in [3.63, 3.8) is 0 Å². The van der Waals surface area contributed by atoms with Gasteiger partial charge in [-0.1, -0.05) is 35.1 Å². The van der Waals surface area contributed by atoms with Crippen LogP contribution in [-0.2, 0) is 4.79 Å². The second-order valence-electron chi connectivity index (χ2n) is 5.03. The lowest BCUT2D eigenvalue weighted by Gasteiger charge is -2.13. The lowest BCUT2D eigenvalue weighted by Crippen LogP contribution is -2.30. The highest BCUT2D eigenvalue weighted by molar-refractivity contribution is 7.22. The molecule has 0 bridgehead atoms. The molecule has 0 radical (unpaired) electrons. The minimum Gasteiger partial charge on any atom is -0.494 e. The maximum Gasteiger partial charge on any atom is 0.266 e. The smallest absolute Gasteiger partial charge is 0.266 e. The number of benzene rings is 2. The third-order valence-corrected chi connectivity index (χ3v) is 4.48. The third kappa shape index (κ3) is 3.60. The highest BCUT2D eigenvalue weighted by Crippen LogP contribution is 2.32. The van der Waals surface area contributed by atoms with E-state index < -0.39 is 6.10 Å². The van der Waals surface area contributed by atoms with E-state index in [9.17, 15) is 4.79 Å². The van der Waals surface area contributed by atoms with Gasteiger partial charge in [-0.15, -0.1) is 0 Å². The number of ether oxygens (including phenoxy) is 2. The number of anilines is 1. The molecule has 1 heterocycles. The Morgan fingerprint density at radius 3 is 2.83 bits per heavy atom. The first-order chi connectivity index (χ1) is 11.6. The van der Waals surface area contributed by atoms with Crippen LogP contribution in [0.2, 0.25) is 5.02 Å². The van der Waals surface area contributed by atoms with Gasteiger partial charge in [0, 0.05) is 5.02 Å². The minimum atomic E-state index is -0.683. The van der Waals surface area contributed by atoms with E-state index in [0.29, 0.717) is 21.7 Å². The lowest BCUT2D eigenvalue weighted by molar-refractivity contribution is -0.122. The molecule has 124 valence electrons. The topological polar surface area (TPSA) is 60.5 Å². The number of fused-ring (bicyclic) bond motifs is 1. The Balaban J connectivity index is 1.72. The minimum absolute atomic E-state index is 0.284. The molecule has 24 heavy (non-hydrogen) atoms. The summed E-state index contributed by atoms with van der Waals surface area (Å²) in [4.78, 5) is 16.7. The van der Waals surface area contributed by atoms with Gasteiger partial charge in [0.1, 0.15) is 17.0 Å². The molecule has 7 heteroatoms. The molecule has 0 spiro atoms. The van der Waals surface area contributed by atoms with E-state index in [2.05, 4.69) is 10.3 Å². The first-order valence-corrected chi connectivity index (χ1v) is 8.43. The van der Waals surface area contributed by atoms with Crippen molar-refractivity contribution in [1.29, 1.82) is 0 Å². The molecule has 2 aromatic carbocycles. The van der Waals surface area contributed by atoms with E-state index in [0.717, 1.165) is 10.2 Å². The van der Waals surface area contributed by atoms with Gasteiger partial charge >= 0.3 is 0 Å². The van der Waals surface area contributed by atoms with Crippen molar-refractivity contribution in [2.45, 2.75) is 13.0 Å². The number of halogens is 1. The standard InChI is InChI=1S/C17H15ClN2O3S/c1-10(23-12-6-3-5-11(18)9-12)16(21)20-17-19-15-13(22-2)7-4-8-14(15)24-17/h3-10H,1-2H3,(H,19,20,21). The molecule has 0 aliphatic heterocycles. The Morgan fingerprint density at radius 1 is 1.29 bits per heavy atom. The predicted molar refractivity (Wildman–Crippen MR) is 96.3 cm³/mol. The lowest BCUT2D eigenvalue weighted by atomic mass is 10.3. The van der Waals surface area contributed by atoms with Crippen LogP contribution in [0.5, 0.6) is 11.5 Å². The average molecular weight is 363 g/mol. The van der Waals surface area contributed by atoms with E-state index >= 15 is 0 Å². The normalized spacial score (nSPS) is 12.0. The first-order valence-electron chi connectivity index (χ1n) is 7.23. The van der Waals surface area contributed by atoms with Crippen molar-refractivity contribution >= 4 is 44.2 Å². The molecular weight excluding hydrogens is 348 g/mol. The van der Waals surface area contributed by atoms with Crippen LogP contribution in [0.4, 0.5) is 5.13 Å². The summed E-state index contributed by atoms with van der Waals surface area (Å²) in [6.45, 7) is 1.67. The summed E-state index contributed by atoms with van der Waals surface area (Å²) in [6.07, 6.45) is -0.683. The van der Waals surface area contributed by atoms with Gasteiger partial charge < -0.3 is 9.47 Å². The van der Waals surface area contributed by atoms with Crippen molar-refractivity contribution < 1.29 is 14.3 Å². The number of hydrogen-bond acceptors (Lipinski definition) is 5. The van der Waals surface area contributed by atoms with E-state index in [4.69, 9.17) is 21.1 Å². The Labute approximate surface area is 148 Å². The quantitative estimate of drug-likeness (QED) is 0.732. The SMILES string of the molecule is COc1cccc2sc(NC(=O)C(C)Oc3cccc(Cl)c3)nc12. The number of amides is 1. The molecule has 1 unspecified atom stereocenters.